The first-order chi connectivity index (χ1) is 13.2. The van der Waals surface area contributed by atoms with Crippen LogP contribution in [0.25, 0.3) is 22.3 Å². The van der Waals surface area contributed by atoms with Crippen molar-refractivity contribution in [1.82, 2.24) is 15.3 Å². The summed E-state index contributed by atoms with van der Waals surface area (Å²) in [6.07, 6.45) is 1.71. The zero-order valence-electron chi connectivity index (χ0n) is 14.4. The van der Waals surface area contributed by atoms with Crippen LogP contribution in [0.3, 0.4) is 0 Å². The maximum Gasteiger partial charge on any atom is 0.252 e. The third kappa shape index (κ3) is 3.66. The molecule has 0 saturated carbocycles. The number of benzene rings is 2. The molecular formula is C22H16ClN3O. The predicted octanol–water partition coefficient (Wildman–Crippen LogP) is 4.88. The van der Waals surface area contributed by atoms with Gasteiger partial charge in [-0.15, -0.1) is 0 Å². The molecule has 0 radical (unpaired) electrons. The lowest BCUT2D eigenvalue weighted by molar-refractivity contribution is 0.0952. The summed E-state index contributed by atoms with van der Waals surface area (Å²) >= 11 is 6.18. The number of carbonyl (C=O) groups is 1. The standard InChI is InChI=1S/C22H16ClN3O/c23-18-9-3-1-7-15(18)14-25-22(27)17-13-21(20-11-5-6-12-24-20)26-19-10-4-2-8-16(17)19/h1-13H,14H2,(H,25,27). The van der Waals surface area contributed by atoms with Gasteiger partial charge in [-0.2, -0.15) is 0 Å². The van der Waals surface area contributed by atoms with Crippen LogP contribution in [0.5, 0.6) is 0 Å². The first-order valence-corrected chi connectivity index (χ1v) is 8.93. The van der Waals surface area contributed by atoms with Crippen molar-refractivity contribution in [2.24, 2.45) is 0 Å². The molecule has 0 saturated heterocycles. The molecule has 4 nitrogen and oxygen atoms in total. The Morgan fingerprint density at radius 2 is 1.70 bits per heavy atom. The second-order valence-corrected chi connectivity index (χ2v) is 6.47. The molecule has 0 bridgehead atoms. The quantitative estimate of drug-likeness (QED) is 0.554. The zero-order valence-corrected chi connectivity index (χ0v) is 15.1. The van der Waals surface area contributed by atoms with Crippen LogP contribution in [0, 0.1) is 0 Å². The molecule has 132 valence electrons. The Morgan fingerprint density at radius 1 is 0.926 bits per heavy atom. The first-order valence-electron chi connectivity index (χ1n) is 8.55. The number of para-hydroxylation sites is 1. The summed E-state index contributed by atoms with van der Waals surface area (Å²) in [4.78, 5) is 21.9. The van der Waals surface area contributed by atoms with Gasteiger partial charge >= 0.3 is 0 Å². The third-order valence-electron chi connectivity index (χ3n) is 4.29. The fourth-order valence-corrected chi connectivity index (χ4v) is 3.12. The van der Waals surface area contributed by atoms with Crippen molar-refractivity contribution in [3.8, 4) is 11.4 Å². The molecule has 0 aliphatic rings. The maximum atomic E-state index is 12.9. The molecule has 0 atom stereocenters. The highest BCUT2D eigenvalue weighted by Gasteiger charge is 2.14. The summed E-state index contributed by atoms with van der Waals surface area (Å²) in [5.41, 5.74) is 3.58. The second-order valence-electron chi connectivity index (χ2n) is 6.06. The molecule has 4 aromatic rings. The number of halogens is 1. The molecule has 4 rings (SSSR count). The molecule has 2 aromatic heterocycles. The highest BCUT2D eigenvalue weighted by molar-refractivity contribution is 6.31. The van der Waals surface area contributed by atoms with Gasteiger partial charge in [-0.05, 0) is 35.9 Å². The zero-order chi connectivity index (χ0) is 18.6. The van der Waals surface area contributed by atoms with Crippen molar-refractivity contribution in [2.45, 2.75) is 6.54 Å². The molecule has 2 aromatic carbocycles. The van der Waals surface area contributed by atoms with Gasteiger partial charge in [-0.25, -0.2) is 4.98 Å². The van der Waals surface area contributed by atoms with Crippen molar-refractivity contribution in [3.05, 3.63) is 95.1 Å². The fourth-order valence-electron chi connectivity index (χ4n) is 2.92. The van der Waals surface area contributed by atoms with Crippen LogP contribution in [0.4, 0.5) is 0 Å². The van der Waals surface area contributed by atoms with E-state index in [4.69, 9.17) is 11.6 Å². The van der Waals surface area contributed by atoms with E-state index < -0.39 is 0 Å². The first kappa shape index (κ1) is 17.2. The predicted molar refractivity (Wildman–Crippen MR) is 108 cm³/mol. The smallest absolute Gasteiger partial charge is 0.252 e. The Hall–Kier alpha value is -3.24. The van der Waals surface area contributed by atoms with Gasteiger partial charge in [0, 0.05) is 23.2 Å². The Balaban J connectivity index is 1.71. The number of hydrogen-bond donors (Lipinski definition) is 1. The van der Waals surface area contributed by atoms with Crippen molar-refractivity contribution >= 4 is 28.4 Å². The van der Waals surface area contributed by atoms with Gasteiger partial charge in [-0.3, -0.25) is 9.78 Å². The van der Waals surface area contributed by atoms with Crippen LogP contribution in [0.2, 0.25) is 5.02 Å². The topological polar surface area (TPSA) is 54.9 Å². The normalized spacial score (nSPS) is 10.7. The molecule has 0 spiro atoms. The minimum Gasteiger partial charge on any atom is -0.348 e. The van der Waals surface area contributed by atoms with E-state index in [2.05, 4.69) is 15.3 Å². The van der Waals surface area contributed by atoms with Gasteiger partial charge in [0.05, 0.1) is 22.5 Å². The van der Waals surface area contributed by atoms with Crippen LogP contribution in [0.15, 0.2) is 79.0 Å². The lowest BCUT2D eigenvalue weighted by Crippen LogP contribution is -2.23. The van der Waals surface area contributed by atoms with Crippen molar-refractivity contribution in [3.63, 3.8) is 0 Å². The van der Waals surface area contributed by atoms with Crippen LogP contribution < -0.4 is 5.32 Å². The maximum absolute atomic E-state index is 12.9. The summed E-state index contributed by atoms with van der Waals surface area (Å²) < 4.78 is 0. The van der Waals surface area contributed by atoms with Crippen molar-refractivity contribution < 1.29 is 4.79 Å². The van der Waals surface area contributed by atoms with Gasteiger partial charge in [-0.1, -0.05) is 54.1 Å². The number of fused-ring (bicyclic) bond motifs is 1. The van der Waals surface area contributed by atoms with E-state index in [-0.39, 0.29) is 5.91 Å². The van der Waals surface area contributed by atoms with Crippen molar-refractivity contribution in [2.75, 3.05) is 0 Å². The molecule has 0 unspecified atom stereocenters. The summed E-state index contributed by atoms with van der Waals surface area (Å²) in [5.74, 6) is -0.175. The number of amides is 1. The number of carbonyl (C=O) groups excluding carboxylic acids is 1. The van der Waals surface area contributed by atoms with E-state index in [1.54, 1.807) is 12.3 Å². The lowest BCUT2D eigenvalue weighted by atomic mass is 10.1. The number of nitrogens with zero attached hydrogens (tertiary/aromatic N) is 2. The summed E-state index contributed by atoms with van der Waals surface area (Å²) in [5, 5.41) is 4.39. The Morgan fingerprint density at radius 3 is 2.52 bits per heavy atom. The molecule has 0 aliphatic heterocycles. The van der Waals surface area contributed by atoms with E-state index >= 15 is 0 Å². The Kier molecular flexibility index (Phi) is 4.81. The average molecular weight is 374 g/mol. The molecular weight excluding hydrogens is 358 g/mol. The summed E-state index contributed by atoms with van der Waals surface area (Å²) in [6, 6.07) is 22.5. The number of pyridine rings is 2. The SMILES string of the molecule is O=C(NCc1ccccc1Cl)c1cc(-c2ccccn2)nc2ccccc12. The molecule has 1 N–H and O–H groups in total. The van der Waals surface area contributed by atoms with Crippen molar-refractivity contribution in [1.29, 1.82) is 0 Å². The van der Waals surface area contributed by atoms with Crippen LogP contribution in [-0.2, 0) is 6.54 Å². The van der Waals surface area contributed by atoms with Gasteiger partial charge in [0.25, 0.3) is 5.91 Å². The molecule has 5 heteroatoms. The third-order valence-corrected chi connectivity index (χ3v) is 4.65. The fraction of sp³-hybridized carbons (Fsp3) is 0.0455. The van der Waals surface area contributed by atoms with E-state index in [9.17, 15) is 4.79 Å². The number of aromatic nitrogens is 2. The van der Waals surface area contributed by atoms with E-state index in [0.717, 1.165) is 22.2 Å². The van der Waals surface area contributed by atoms with Crippen LogP contribution >= 0.6 is 11.6 Å². The molecule has 27 heavy (non-hydrogen) atoms. The summed E-state index contributed by atoms with van der Waals surface area (Å²) in [6.45, 7) is 0.355. The Bertz CT molecular complexity index is 1110. The molecule has 0 fully saturated rings. The highest BCUT2D eigenvalue weighted by Crippen LogP contribution is 2.24. The van der Waals surface area contributed by atoms with Crippen LogP contribution in [0.1, 0.15) is 15.9 Å². The monoisotopic (exact) mass is 373 g/mol. The average Bonchev–Trinajstić information content (AvgIpc) is 2.73. The minimum atomic E-state index is -0.175. The molecule has 0 aliphatic carbocycles. The van der Waals surface area contributed by atoms with E-state index in [1.165, 1.54) is 0 Å². The second kappa shape index (κ2) is 7.56. The van der Waals surface area contributed by atoms with E-state index in [1.807, 2.05) is 66.7 Å². The van der Waals surface area contributed by atoms with Gasteiger partial charge < -0.3 is 5.32 Å². The minimum absolute atomic E-state index is 0.175. The van der Waals surface area contributed by atoms with E-state index in [0.29, 0.717) is 22.8 Å². The van der Waals surface area contributed by atoms with Crippen LogP contribution in [-0.4, -0.2) is 15.9 Å². The highest BCUT2D eigenvalue weighted by atomic mass is 35.5. The van der Waals surface area contributed by atoms with Gasteiger partial charge in [0.2, 0.25) is 0 Å². The lowest BCUT2D eigenvalue weighted by Gasteiger charge is -2.11. The number of hydrogen-bond acceptors (Lipinski definition) is 3. The summed E-state index contributed by atoms with van der Waals surface area (Å²) in [7, 11) is 0. The number of nitrogens with one attached hydrogen (secondary N) is 1. The molecule has 1 amide bonds. The largest absolute Gasteiger partial charge is 0.348 e. The number of rotatable bonds is 4. The van der Waals surface area contributed by atoms with Gasteiger partial charge in [0.15, 0.2) is 0 Å². The Labute approximate surface area is 161 Å². The molecule has 2 heterocycles. The van der Waals surface area contributed by atoms with Gasteiger partial charge in [0.1, 0.15) is 0 Å².